The van der Waals surface area contributed by atoms with Crippen LogP contribution >= 0.6 is 0 Å². The van der Waals surface area contributed by atoms with Gasteiger partial charge in [-0.05, 0) is 68.6 Å². The summed E-state index contributed by atoms with van der Waals surface area (Å²) in [5, 5.41) is 2.32. The Hall–Kier alpha value is -4.10. The van der Waals surface area contributed by atoms with Gasteiger partial charge in [-0.3, -0.25) is 0 Å². The van der Waals surface area contributed by atoms with E-state index in [2.05, 4.69) is 124 Å². The highest BCUT2D eigenvalue weighted by molar-refractivity contribution is 6.05. The Morgan fingerprint density at radius 2 is 0.971 bits per heavy atom. The van der Waals surface area contributed by atoms with Gasteiger partial charge in [0.2, 0.25) is 0 Å². The smallest absolute Gasteiger partial charge is 0.136 e. The van der Waals surface area contributed by atoms with Gasteiger partial charge in [0.25, 0.3) is 0 Å². The van der Waals surface area contributed by atoms with Crippen molar-refractivity contribution in [1.82, 2.24) is 0 Å². The average Bonchev–Trinajstić information content (AvgIpc) is 3.26. The van der Waals surface area contributed by atoms with Crippen LogP contribution in [-0.4, -0.2) is 0 Å². The first-order chi connectivity index (χ1) is 17.0. The van der Waals surface area contributed by atoms with Crippen LogP contribution in [0.3, 0.4) is 0 Å². The fraction of sp³-hybridized carbons (Fsp3) is 0.118. The minimum absolute atomic E-state index is 0.0709. The maximum atomic E-state index is 6.11. The molecule has 6 rings (SSSR count). The van der Waals surface area contributed by atoms with Crippen LogP contribution < -0.4 is 0 Å². The summed E-state index contributed by atoms with van der Waals surface area (Å²) in [5.74, 6) is 0. The van der Waals surface area contributed by atoms with E-state index < -0.39 is 0 Å². The Balaban J connectivity index is 1.39. The molecule has 170 valence electrons. The van der Waals surface area contributed by atoms with Crippen molar-refractivity contribution >= 4 is 21.9 Å². The molecular formula is C34H28O. The fourth-order valence-electron chi connectivity index (χ4n) is 4.79. The molecule has 0 aliphatic rings. The predicted octanol–water partition coefficient (Wildman–Crippen LogP) is 9.88. The lowest BCUT2D eigenvalue weighted by molar-refractivity contribution is 0.590. The van der Waals surface area contributed by atoms with Gasteiger partial charge in [-0.25, -0.2) is 0 Å². The topological polar surface area (TPSA) is 13.1 Å². The van der Waals surface area contributed by atoms with Crippen molar-refractivity contribution in [3.05, 3.63) is 121 Å². The molecule has 0 saturated carbocycles. The molecule has 6 aromatic rings. The first-order valence-electron chi connectivity index (χ1n) is 12.2. The minimum Gasteiger partial charge on any atom is -0.456 e. The number of benzene rings is 5. The van der Waals surface area contributed by atoms with Gasteiger partial charge >= 0.3 is 0 Å². The van der Waals surface area contributed by atoms with Crippen LogP contribution in [-0.2, 0) is 5.41 Å². The number of para-hydroxylation sites is 1. The van der Waals surface area contributed by atoms with Gasteiger partial charge in [-0.15, -0.1) is 0 Å². The van der Waals surface area contributed by atoms with E-state index in [4.69, 9.17) is 4.42 Å². The Morgan fingerprint density at radius 1 is 0.429 bits per heavy atom. The van der Waals surface area contributed by atoms with E-state index in [0.717, 1.165) is 27.5 Å². The van der Waals surface area contributed by atoms with E-state index in [1.165, 1.54) is 33.4 Å². The van der Waals surface area contributed by atoms with Gasteiger partial charge in [-0.1, -0.05) is 112 Å². The number of hydrogen-bond acceptors (Lipinski definition) is 1. The first-order valence-corrected chi connectivity index (χ1v) is 12.2. The van der Waals surface area contributed by atoms with Gasteiger partial charge in [0.05, 0.1) is 0 Å². The van der Waals surface area contributed by atoms with E-state index in [-0.39, 0.29) is 5.41 Å². The molecule has 0 spiro atoms. The molecular weight excluding hydrogens is 424 g/mol. The van der Waals surface area contributed by atoms with Crippen molar-refractivity contribution in [2.24, 2.45) is 0 Å². The summed E-state index contributed by atoms with van der Waals surface area (Å²) >= 11 is 0. The highest BCUT2D eigenvalue weighted by Gasteiger charge is 2.17. The third-order valence-electron chi connectivity index (χ3n) is 6.84. The lowest BCUT2D eigenvalue weighted by Gasteiger charge is -2.22. The standard InChI is InChI=1S/C34H28O/c1-34(2,3)29-20-27(23-9-5-4-6-10-23)19-28(21-29)25-15-13-24(14-16-25)26-17-18-31-30-11-7-8-12-32(30)35-33(31)22-26/h4-22H,1-3H3. The summed E-state index contributed by atoms with van der Waals surface area (Å²) < 4.78 is 6.11. The summed E-state index contributed by atoms with van der Waals surface area (Å²) in [6.45, 7) is 6.83. The van der Waals surface area contributed by atoms with E-state index >= 15 is 0 Å². The van der Waals surface area contributed by atoms with Crippen LogP contribution in [0.5, 0.6) is 0 Å². The van der Waals surface area contributed by atoms with Crippen molar-refractivity contribution in [1.29, 1.82) is 0 Å². The molecule has 35 heavy (non-hydrogen) atoms. The maximum absolute atomic E-state index is 6.11. The molecule has 0 aliphatic carbocycles. The molecule has 0 saturated heterocycles. The second kappa shape index (κ2) is 8.29. The second-order valence-electron chi connectivity index (χ2n) is 10.3. The SMILES string of the molecule is CC(C)(C)c1cc(-c2ccccc2)cc(-c2ccc(-c3ccc4c(c3)oc3ccccc34)cc2)c1. The van der Waals surface area contributed by atoms with Gasteiger partial charge in [0.15, 0.2) is 0 Å². The zero-order chi connectivity index (χ0) is 24.0. The van der Waals surface area contributed by atoms with Crippen molar-refractivity contribution in [2.45, 2.75) is 26.2 Å². The molecule has 0 aliphatic heterocycles. The normalized spacial score (nSPS) is 11.9. The summed E-state index contributed by atoms with van der Waals surface area (Å²) in [4.78, 5) is 0. The summed E-state index contributed by atoms with van der Waals surface area (Å²) in [5.41, 5.74) is 10.6. The molecule has 0 amide bonds. The highest BCUT2D eigenvalue weighted by Crippen LogP contribution is 2.35. The van der Waals surface area contributed by atoms with Crippen LogP contribution in [0.4, 0.5) is 0 Å². The molecule has 0 fully saturated rings. The number of furan rings is 1. The number of hydrogen-bond donors (Lipinski definition) is 0. The van der Waals surface area contributed by atoms with Gasteiger partial charge in [0.1, 0.15) is 11.2 Å². The van der Waals surface area contributed by atoms with E-state index in [0.29, 0.717) is 0 Å². The molecule has 1 aromatic heterocycles. The fourth-order valence-corrected chi connectivity index (χ4v) is 4.79. The molecule has 5 aromatic carbocycles. The number of rotatable bonds is 3. The van der Waals surface area contributed by atoms with E-state index in [1.54, 1.807) is 0 Å². The Labute approximate surface area is 206 Å². The van der Waals surface area contributed by atoms with Gasteiger partial charge in [0, 0.05) is 10.8 Å². The zero-order valence-electron chi connectivity index (χ0n) is 20.4. The first kappa shape index (κ1) is 21.4. The largest absolute Gasteiger partial charge is 0.456 e. The molecule has 0 N–H and O–H groups in total. The van der Waals surface area contributed by atoms with E-state index in [9.17, 15) is 0 Å². The maximum Gasteiger partial charge on any atom is 0.136 e. The molecule has 0 atom stereocenters. The van der Waals surface area contributed by atoms with E-state index in [1.807, 2.05) is 12.1 Å². The average molecular weight is 453 g/mol. The Bertz CT molecular complexity index is 1650. The van der Waals surface area contributed by atoms with Crippen LogP contribution in [0.15, 0.2) is 120 Å². The lowest BCUT2D eigenvalue weighted by atomic mass is 9.83. The third-order valence-corrected chi connectivity index (χ3v) is 6.84. The molecule has 0 unspecified atom stereocenters. The quantitative estimate of drug-likeness (QED) is 0.260. The van der Waals surface area contributed by atoms with Crippen LogP contribution in [0.25, 0.3) is 55.3 Å². The van der Waals surface area contributed by atoms with Gasteiger partial charge < -0.3 is 4.42 Å². The van der Waals surface area contributed by atoms with Crippen molar-refractivity contribution in [2.75, 3.05) is 0 Å². The summed E-state index contributed by atoms with van der Waals surface area (Å²) in [6.07, 6.45) is 0. The van der Waals surface area contributed by atoms with Crippen LogP contribution in [0.1, 0.15) is 26.3 Å². The minimum atomic E-state index is 0.0709. The second-order valence-corrected chi connectivity index (χ2v) is 10.3. The molecule has 0 radical (unpaired) electrons. The monoisotopic (exact) mass is 452 g/mol. The van der Waals surface area contributed by atoms with Crippen LogP contribution in [0.2, 0.25) is 0 Å². The predicted molar refractivity (Wildman–Crippen MR) is 149 cm³/mol. The zero-order valence-corrected chi connectivity index (χ0v) is 20.4. The molecule has 1 heterocycles. The Morgan fingerprint density at radius 3 is 1.66 bits per heavy atom. The van der Waals surface area contributed by atoms with Gasteiger partial charge in [-0.2, -0.15) is 0 Å². The molecule has 1 nitrogen and oxygen atoms in total. The van der Waals surface area contributed by atoms with Crippen molar-refractivity contribution in [3.8, 4) is 33.4 Å². The number of fused-ring (bicyclic) bond motifs is 3. The van der Waals surface area contributed by atoms with Crippen molar-refractivity contribution in [3.63, 3.8) is 0 Å². The van der Waals surface area contributed by atoms with Crippen LogP contribution in [0, 0.1) is 0 Å². The lowest BCUT2D eigenvalue weighted by Crippen LogP contribution is -2.11. The third kappa shape index (κ3) is 4.04. The summed E-state index contributed by atoms with van der Waals surface area (Å²) in [6, 6.07) is 41.2. The molecule has 1 heteroatoms. The molecule has 0 bridgehead atoms. The summed E-state index contributed by atoms with van der Waals surface area (Å²) in [7, 11) is 0. The van der Waals surface area contributed by atoms with Crippen molar-refractivity contribution < 1.29 is 4.42 Å². The highest BCUT2D eigenvalue weighted by atomic mass is 16.3. The Kier molecular flexibility index (Phi) is 5.07.